The van der Waals surface area contributed by atoms with Crippen molar-refractivity contribution in [3.05, 3.63) is 40.8 Å². The van der Waals surface area contributed by atoms with Crippen molar-refractivity contribution in [1.29, 1.82) is 0 Å². The molecule has 0 aliphatic heterocycles. The van der Waals surface area contributed by atoms with E-state index in [4.69, 9.17) is 16.8 Å². The van der Waals surface area contributed by atoms with Gasteiger partial charge >= 0.3 is 0 Å². The third-order valence-electron chi connectivity index (χ3n) is 1.98. The number of pyridine rings is 1. The molecule has 0 atom stereocenters. The third kappa shape index (κ3) is 1.20. The van der Waals surface area contributed by atoms with Gasteiger partial charge in [-0.05, 0) is 18.2 Å². The van der Waals surface area contributed by atoms with Gasteiger partial charge < -0.3 is 10.4 Å². The standard InChI is InChI=1S/C9H7ClN2O2/c10-6-2-1-3-8-9(6)7(11-13)4-5-12(8)14/h1-5,13-14H/b11-7+. The Kier molecular flexibility index (Phi) is 2.05. The van der Waals surface area contributed by atoms with Crippen molar-refractivity contribution in [3.63, 3.8) is 0 Å². The predicted octanol–water partition coefficient (Wildman–Crippen LogP) is 1.82. The molecule has 0 aliphatic rings. The van der Waals surface area contributed by atoms with Gasteiger partial charge in [0.25, 0.3) is 0 Å². The van der Waals surface area contributed by atoms with Gasteiger partial charge in [0.15, 0.2) is 0 Å². The second-order valence-corrected chi connectivity index (χ2v) is 3.19. The van der Waals surface area contributed by atoms with E-state index in [0.29, 0.717) is 21.3 Å². The van der Waals surface area contributed by atoms with Crippen LogP contribution in [0.1, 0.15) is 0 Å². The lowest BCUT2D eigenvalue weighted by Gasteiger charge is -2.04. The van der Waals surface area contributed by atoms with Gasteiger partial charge in [-0.25, -0.2) is 0 Å². The monoisotopic (exact) mass is 210 g/mol. The van der Waals surface area contributed by atoms with Crippen LogP contribution in [0.25, 0.3) is 10.9 Å². The molecule has 0 amide bonds. The number of benzene rings is 1. The summed E-state index contributed by atoms with van der Waals surface area (Å²) in [6, 6.07) is 6.52. The fourth-order valence-electron chi connectivity index (χ4n) is 1.35. The molecule has 14 heavy (non-hydrogen) atoms. The highest BCUT2D eigenvalue weighted by Crippen LogP contribution is 2.18. The molecule has 0 bridgehead atoms. The van der Waals surface area contributed by atoms with E-state index in [1.807, 2.05) is 0 Å². The van der Waals surface area contributed by atoms with Gasteiger partial charge in [0.1, 0.15) is 5.36 Å². The lowest BCUT2D eigenvalue weighted by atomic mass is 10.2. The smallest absolute Gasteiger partial charge is 0.115 e. The zero-order valence-corrected chi connectivity index (χ0v) is 7.81. The van der Waals surface area contributed by atoms with Crippen LogP contribution in [0.3, 0.4) is 0 Å². The molecule has 1 aromatic carbocycles. The molecule has 2 N–H and O–H groups in total. The van der Waals surface area contributed by atoms with E-state index >= 15 is 0 Å². The first-order chi connectivity index (χ1) is 6.74. The van der Waals surface area contributed by atoms with Crippen LogP contribution in [-0.4, -0.2) is 15.1 Å². The highest BCUT2D eigenvalue weighted by Gasteiger charge is 2.04. The molecule has 0 spiro atoms. The Balaban J connectivity index is 3.08. The van der Waals surface area contributed by atoms with Gasteiger partial charge in [-0.3, -0.25) is 0 Å². The second-order valence-electron chi connectivity index (χ2n) is 2.78. The SMILES string of the molecule is O/N=c1\ccn(O)c2cccc(Cl)c12. The van der Waals surface area contributed by atoms with Crippen LogP contribution in [0.2, 0.25) is 5.02 Å². The van der Waals surface area contributed by atoms with Crippen molar-refractivity contribution in [2.24, 2.45) is 5.16 Å². The van der Waals surface area contributed by atoms with Gasteiger partial charge in [-0.1, -0.05) is 22.8 Å². The normalized spacial score (nSPS) is 12.2. The van der Waals surface area contributed by atoms with Crippen LogP contribution >= 0.6 is 11.6 Å². The van der Waals surface area contributed by atoms with Crippen LogP contribution in [0.5, 0.6) is 0 Å². The first-order valence-corrected chi connectivity index (χ1v) is 4.29. The first kappa shape index (κ1) is 8.90. The fourth-order valence-corrected chi connectivity index (χ4v) is 1.61. The summed E-state index contributed by atoms with van der Waals surface area (Å²) in [7, 11) is 0. The minimum atomic E-state index is 0.330. The van der Waals surface area contributed by atoms with E-state index in [0.717, 1.165) is 4.73 Å². The molecule has 1 aromatic heterocycles. The summed E-state index contributed by atoms with van der Waals surface area (Å²) in [5.41, 5.74) is 0.493. The van der Waals surface area contributed by atoms with Gasteiger partial charge in [0.2, 0.25) is 0 Å². The minimum Gasteiger partial charge on any atom is -0.428 e. The Morgan fingerprint density at radius 1 is 1.29 bits per heavy atom. The second kappa shape index (κ2) is 3.23. The van der Waals surface area contributed by atoms with Gasteiger partial charge in [0, 0.05) is 11.6 Å². The topological polar surface area (TPSA) is 57.8 Å². The van der Waals surface area contributed by atoms with E-state index in [2.05, 4.69) is 5.16 Å². The highest BCUT2D eigenvalue weighted by atomic mass is 35.5. The van der Waals surface area contributed by atoms with Crippen LogP contribution in [0.15, 0.2) is 35.6 Å². The summed E-state index contributed by atoms with van der Waals surface area (Å²) in [5.74, 6) is 0. The molecule has 0 unspecified atom stereocenters. The molecular formula is C9H7ClN2O2. The molecule has 72 valence electrons. The number of fused-ring (bicyclic) bond motifs is 1. The third-order valence-corrected chi connectivity index (χ3v) is 2.29. The quantitative estimate of drug-likeness (QED) is 0.396. The molecule has 0 saturated carbocycles. The Morgan fingerprint density at radius 3 is 2.79 bits per heavy atom. The van der Waals surface area contributed by atoms with Crippen LogP contribution in [-0.2, 0) is 0 Å². The van der Waals surface area contributed by atoms with Crippen molar-refractivity contribution in [2.45, 2.75) is 0 Å². The Morgan fingerprint density at radius 2 is 2.07 bits per heavy atom. The van der Waals surface area contributed by atoms with Crippen LogP contribution in [0.4, 0.5) is 0 Å². The van der Waals surface area contributed by atoms with E-state index in [1.54, 1.807) is 18.2 Å². The lowest BCUT2D eigenvalue weighted by molar-refractivity contribution is 0.197. The summed E-state index contributed by atoms with van der Waals surface area (Å²) in [6.45, 7) is 0. The Labute approximate surface area is 84.2 Å². The maximum Gasteiger partial charge on any atom is 0.115 e. The number of rotatable bonds is 0. The first-order valence-electron chi connectivity index (χ1n) is 3.91. The zero-order chi connectivity index (χ0) is 10.1. The molecular weight excluding hydrogens is 204 g/mol. The van der Waals surface area contributed by atoms with Crippen molar-refractivity contribution >= 4 is 22.5 Å². The summed E-state index contributed by atoms with van der Waals surface area (Å²) in [4.78, 5) is 0. The van der Waals surface area contributed by atoms with Crippen molar-refractivity contribution in [3.8, 4) is 0 Å². The average molecular weight is 211 g/mol. The number of halogens is 1. The molecule has 0 aliphatic carbocycles. The molecule has 4 nitrogen and oxygen atoms in total. The molecule has 0 saturated heterocycles. The number of aromatic nitrogens is 1. The van der Waals surface area contributed by atoms with E-state index in [-0.39, 0.29) is 0 Å². The number of nitrogens with zero attached hydrogens (tertiary/aromatic N) is 2. The van der Waals surface area contributed by atoms with Crippen molar-refractivity contribution < 1.29 is 10.4 Å². The van der Waals surface area contributed by atoms with E-state index in [9.17, 15) is 5.21 Å². The van der Waals surface area contributed by atoms with Gasteiger partial charge in [-0.2, -0.15) is 4.73 Å². The van der Waals surface area contributed by atoms with Crippen LogP contribution < -0.4 is 5.36 Å². The number of hydrogen-bond donors (Lipinski definition) is 2. The minimum absolute atomic E-state index is 0.330. The molecule has 2 rings (SSSR count). The Bertz CT molecular complexity index is 548. The fraction of sp³-hybridized carbons (Fsp3) is 0. The molecule has 5 heteroatoms. The van der Waals surface area contributed by atoms with E-state index in [1.165, 1.54) is 12.3 Å². The molecule has 0 radical (unpaired) electrons. The number of hydrogen-bond acceptors (Lipinski definition) is 3. The van der Waals surface area contributed by atoms with E-state index < -0.39 is 0 Å². The summed E-state index contributed by atoms with van der Waals surface area (Å²) in [5, 5.41) is 22.5. The summed E-state index contributed by atoms with van der Waals surface area (Å²) >= 11 is 5.92. The largest absolute Gasteiger partial charge is 0.428 e. The Hall–Kier alpha value is -1.68. The molecule has 2 aromatic rings. The maximum absolute atomic E-state index is 9.45. The average Bonchev–Trinajstić information content (AvgIpc) is 2.20. The highest BCUT2D eigenvalue weighted by molar-refractivity contribution is 6.35. The van der Waals surface area contributed by atoms with Gasteiger partial charge in [0.05, 0.1) is 10.5 Å². The van der Waals surface area contributed by atoms with Crippen molar-refractivity contribution in [2.75, 3.05) is 0 Å². The predicted molar refractivity (Wildman–Crippen MR) is 51.5 cm³/mol. The lowest BCUT2D eigenvalue weighted by Crippen LogP contribution is -2.07. The maximum atomic E-state index is 9.45. The molecule has 1 heterocycles. The zero-order valence-electron chi connectivity index (χ0n) is 7.05. The molecule has 0 fully saturated rings. The van der Waals surface area contributed by atoms with Gasteiger partial charge in [-0.15, -0.1) is 0 Å². The van der Waals surface area contributed by atoms with Crippen LogP contribution in [0, 0.1) is 0 Å². The summed E-state index contributed by atoms with van der Waals surface area (Å²) < 4.78 is 0.926. The summed E-state index contributed by atoms with van der Waals surface area (Å²) in [6.07, 6.45) is 1.38. The van der Waals surface area contributed by atoms with Crippen molar-refractivity contribution in [1.82, 2.24) is 4.73 Å².